The second-order valence-electron chi connectivity index (χ2n) is 27.5. The van der Waals surface area contributed by atoms with Crippen LogP contribution < -0.4 is 9.80 Å². The third kappa shape index (κ3) is 15.3. The van der Waals surface area contributed by atoms with Crippen LogP contribution in [0, 0.1) is 0 Å². The fourth-order valence-corrected chi connectivity index (χ4v) is 14.9. The molecule has 0 bridgehead atoms. The fraction of sp³-hybridized carbons (Fsp3) is 0. The molecule has 2 heteroatoms. The normalized spacial score (nSPS) is 10.9. The summed E-state index contributed by atoms with van der Waals surface area (Å²) >= 11 is 0. The average Bonchev–Trinajstić information content (AvgIpc) is 0.788. The molecule has 0 radical (unpaired) electrons. The van der Waals surface area contributed by atoms with Gasteiger partial charge in [0.1, 0.15) is 0 Å². The predicted octanol–water partition coefficient (Wildman–Crippen LogP) is 30.3. The third-order valence-electron chi connectivity index (χ3n) is 20.7. The SMILES string of the molecule is c1ccc(-c2ccc(-c3ccc(N(c4ccc(-c5ccc(-c6ccccc6)cc5)cc4)c4ccc(-c5ccc(-c6ccccc6)cc5)cc4)cc3)cc2)cc1.c1ccc(-c2ccccc2-c2ccc(N(c3ccc(-c4ccccc4-c4ccccc4)cc3)c3ccc(-c4ccccc4-c4ccccc4)cc3)cc2)cc1. The summed E-state index contributed by atoms with van der Waals surface area (Å²) in [7, 11) is 0. The fourth-order valence-electron chi connectivity index (χ4n) is 14.9. The first-order valence-corrected chi connectivity index (χ1v) is 37.7. The number of hydrogen-bond acceptors (Lipinski definition) is 2. The van der Waals surface area contributed by atoms with Gasteiger partial charge in [-0.25, -0.2) is 0 Å². The molecule has 2 nitrogen and oxygen atoms in total. The molecule has 0 saturated carbocycles. The van der Waals surface area contributed by atoms with E-state index in [1.54, 1.807) is 0 Å². The van der Waals surface area contributed by atoms with Crippen LogP contribution in [0.1, 0.15) is 0 Å². The summed E-state index contributed by atoms with van der Waals surface area (Å²) in [4.78, 5) is 4.69. The van der Waals surface area contributed by atoms with Gasteiger partial charge in [0.05, 0.1) is 0 Å². The van der Waals surface area contributed by atoms with Crippen molar-refractivity contribution in [1.82, 2.24) is 0 Å². The number of rotatable bonds is 18. The summed E-state index contributed by atoms with van der Waals surface area (Å²) in [5, 5.41) is 0. The maximum absolute atomic E-state index is 2.35. The van der Waals surface area contributed by atoms with E-state index >= 15 is 0 Å². The minimum absolute atomic E-state index is 1.09. The smallest absolute Gasteiger partial charge is 0.0462 e. The summed E-state index contributed by atoms with van der Waals surface area (Å²) in [6.07, 6.45) is 0. The predicted molar refractivity (Wildman–Crippen MR) is 467 cm³/mol. The number of anilines is 6. The lowest BCUT2D eigenvalue weighted by Crippen LogP contribution is -2.09. The van der Waals surface area contributed by atoms with Crippen LogP contribution in [-0.2, 0) is 0 Å². The molecule has 18 rings (SSSR count). The van der Waals surface area contributed by atoms with Crippen molar-refractivity contribution < 1.29 is 0 Å². The van der Waals surface area contributed by atoms with Crippen molar-refractivity contribution >= 4 is 34.1 Å². The van der Waals surface area contributed by atoms with Crippen LogP contribution in [0.15, 0.2) is 473 Å². The van der Waals surface area contributed by atoms with Crippen molar-refractivity contribution in [2.24, 2.45) is 0 Å². The number of nitrogens with zero attached hydrogens (tertiary/aromatic N) is 2. The molecule has 0 fully saturated rings. The van der Waals surface area contributed by atoms with Gasteiger partial charge >= 0.3 is 0 Å². The maximum atomic E-state index is 2.35. The summed E-state index contributed by atoms with van der Waals surface area (Å²) in [6.45, 7) is 0. The number of hydrogen-bond donors (Lipinski definition) is 0. The Morgan fingerprint density at radius 3 is 0.336 bits per heavy atom. The van der Waals surface area contributed by atoms with Crippen molar-refractivity contribution in [3.05, 3.63) is 473 Å². The van der Waals surface area contributed by atoms with Crippen LogP contribution in [-0.4, -0.2) is 0 Å². The molecule has 0 heterocycles. The van der Waals surface area contributed by atoms with E-state index in [-0.39, 0.29) is 0 Å². The zero-order chi connectivity index (χ0) is 73.6. The Balaban J connectivity index is 0.000000160. The van der Waals surface area contributed by atoms with E-state index in [2.05, 4.69) is 483 Å². The van der Waals surface area contributed by atoms with Crippen LogP contribution in [0.2, 0.25) is 0 Å². The number of benzene rings is 18. The van der Waals surface area contributed by atoms with Gasteiger partial charge in [-0.1, -0.05) is 400 Å². The van der Waals surface area contributed by atoms with Crippen molar-refractivity contribution in [3.63, 3.8) is 0 Å². The highest BCUT2D eigenvalue weighted by Crippen LogP contribution is 2.44. The molecule has 0 aromatic heterocycles. The molecular weight excluding hydrogens is 1330 g/mol. The largest absolute Gasteiger partial charge is 0.311 e. The van der Waals surface area contributed by atoms with Crippen molar-refractivity contribution in [1.29, 1.82) is 0 Å². The van der Waals surface area contributed by atoms with Gasteiger partial charge in [-0.05, 0) is 206 Å². The van der Waals surface area contributed by atoms with E-state index in [4.69, 9.17) is 0 Å². The highest BCUT2D eigenvalue weighted by Gasteiger charge is 2.19. The summed E-state index contributed by atoms with van der Waals surface area (Å²) in [5.74, 6) is 0. The first kappa shape index (κ1) is 68.7. The van der Waals surface area contributed by atoms with Gasteiger partial charge in [0.25, 0.3) is 0 Å². The highest BCUT2D eigenvalue weighted by molar-refractivity contribution is 5.90. The summed E-state index contributed by atoms with van der Waals surface area (Å²) in [6, 6.07) is 170. The molecule has 18 aromatic carbocycles. The molecule has 0 unspecified atom stereocenters. The quantitative estimate of drug-likeness (QED) is 0.0845. The van der Waals surface area contributed by atoms with E-state index in [0.717, 1.165) is 34.1 Å². The lowest BCUT2D eigenvalue weighted by atomic mass is 9.94. The molecule has 0 amide bonds. The third-order valence-corrected chi connectivity index (χ3v) is 20.7. The summed E-state index contributed by atoms with van der Waals surface area (Å²) in [5.41, 5.74) is 35.6. The molecule has 0 aliphatic heterocycles. The van der Waals surface area contributed by atoms with Gasteiger partial charge < -0.3 is 9.80 Å². The first-order chi connectivity index (χ1) is 54.5. The second-order valence-corrected chi connectivity index (χ2v) is 27.5. The molecule has 0 N–H and O–H groups in total. The first-order valence-electron chi connectivity index (χ1n) is 37.7. The van der Waals surface area contributed by atoms with E-state index in [9.17, 15) is 0 Å². The molecule has 0 aliphatic rings. The molecule has 0 atom stereocenters. The molecule has 520 valence electrons. The van der Waals surface area contributed by atoms with Crippen LogP contribution >= 0.6 is 0 Å². The van der Waals surface area contributed by atoms with Gasteiger partial charge in [0.15, 0.2) is 0 Å². The monoisotopic (exact) mass is 1400 g/mol. The molecule has 0 spiro atoms. The Morgan fingerprint density at radius 1 is 0.0818 bits per heavy atom. The Labute approximate surface area is 646 Å². The molecule has 0 aliphatic carbocycles. The highest BCUT2D eigenvalue weighted by atomic mass is 15.1. The standard InChI is InChI=1S/2C54H39N/c1-4-16-40(17-5-1)49-22-10-13-25-52(49)43-28-34-46(35-29-43)55(47-36-30-44(31-37-47)53-26-14-11-23-50(53)41-18-6-2-7-19-41)48-38-32-45(33-39-48)54-27-15-12-24-51(54)42-20-8-3-9-21-42;1-4-10-40(11-5-1)43-16-22-46(23-17-43)49-28-34-52(35-29-49)55(53-36-30-50(31-37-53)47-24-18-44(19-25-47)41-12-6-2-7-13-41)54-38-32-51(33-39-54)48-26-20-45(21-27-48)42-14-8-3-9-15-42/h2*1-39H. The lowest BCUT2D eigenvalue weighted by molar-refractivity contribution is 1.28. The maximum Gasteiger partial charge on any atom is 0.0462 e. The van der Waals surface area contributed by atoms with E-state index < -0.39 is 0 Å². The minimum atomic E-state index is 1.09. The van der Waals surface area contributed by atoms with Crippen LogP contribution in [0.4, 0.5) is 34.1 Å². The van der Waals surface area contributed by atoms with Crippen LogP contribution in [0.25, 0.3) is 134 Å². The average molecular weight is 1400 g/mol. The Morgan fingerprint density at radius 2 is 0.182 bits per heavy atom. The van der Waals surface area contributed by atoms with Crippen molar-refractivity contribution in [3.8, 4) is 134 Å². The Hall–Kier alpha value is -14.4. The molecule has 0 saturated heterocycles. The Kier molecular flexibility index (Phi) is 20.3. The van der Waals surface area contributed by atoms with E-state index in [1.165, 1.54) is 134 Å². The molecule has 110 heavy (non-hydrogen) atoms. The lowest BCUT2D eigenvalue weighted by Gasteiger charge is -2.26. The molecular formula is C108H78N2. The van der Waals surface area contributed by atoms with Crippen LogP contribution in [0.3, 0.4) is 0 Å². The Bertz CT molecular complexity index is 5400. The molecule has 18 aromatic rings. The zero-order valence-electron chi connectivity index (χ0n) is 60.9. The van der Waals surface area contributed by atoms with Gasteiger partial charge in [0, 0.05) is 34.1 Å². The topological polar surface area (TPSA) is 6.48 Å². The summed E-state index contributed by atoms with van der Waals surface area (Å²) < 4.78 is 0. The minimum Gasteiger partial charge on any atom is -0.311 e. The van der Waals surface area contributed by atoms with Gasteiger partial charge in [-0.2, -0.15) is 0 Å². The van der Waals surface area contributed by atoms with Gasteiger partial charge in [0.2, 0.25) is 0 Å². The van der Waals surface area contributed by atoms with E-state index in [1.807, 2.05) is 0 Å². The van der Waals surface area contributed by atoms with Crippen molar-refractivity contribution in [2.45, 2.75) is 0 Å². The second kappa shape index (κ2) is 32.5. The van der Waals surface area contributed by atoms with Crippen LogP contribution in [0.5, 0.6) is 0 Å². The zero-order valence-corrected chi connectivity index (χ0v) is 60.9. The van der Waals surface area contributed by atoms with E-state index in [0.29, 0.717) is 0 Å². The van der Waals surface area contributed by atoms with Crippen molar-refractivity contribution in [2.75, 3.05) is 9.80 Å². The van der Waals surface area contributed by atoms with Gasteiger partial charge in [-0.15, -0.1) is 0 Å². The van der Waals surface area contributed by atoms with Gasteiger partial charge in [-0.3, -0.25) is 0 Å².